The molecular weight excluding hydrogens is 254 g/mol. The number of rotatable bonds is 3. The Labute approximate surface area is 117 Å². The lowest BCUT2D eigenvalue weighted by Crippen LogP contribution is -2.23. The van der Waals surface area contributed by atoms with E-state index in [0.717, 1.165) is 56.4 Å². The van der Waals surface area contributed by atoms with Gasteiger partial charge in [-0.3, -0.25) is 14.7 Å². The lowest BCUT2D eigenvalue weighted by atomic mass is 10.3. The first kappa shape index (κ1) is 12.8. The van der Waals surface area contributed by atoms with Crippen molar-refractivity contribution in [3.8, 4) is 6.07 Å². The molecule has 1 N–H and O–H groups in total. The Morgan fingerprint density at radius 2 is 2.35 bits per heavy atom. The van der Waals surface area contributed by atoms with E-state index in [1.165, 1.54) is 0 Å². The fraction of sp³-hybridized carbons (Fsp3) is 0.538. The fourth-order valence-corrected chi connectivity index (χ4v) is 2.49. The van der Waals surface area contributed by atoms with Crippen LogP contribution < -0.4 is 0 Å². The zero-order chi connectivity index (χ0) is 13.9. The van der Waals surface area contributed by atoms with E-state index in [4.69, 9.17) is 5.26 Å². The van der Waals surface area contributed by atoms with Gasteiger partial charge in [0.25, 0.3) is 0 Å². The summed E-state index contributed by atoms with van der Waals surface area (Å²) in [5.74, 6) is 1.75. The minimum Gasteiger partial charge on any atom is -0.290 e. The van der Waals surface area contributed by atoms with Gasteiger partial charge in [-0.1, -0.05) is 6.92 Å². The van der Waals surface area contributed by atoms with Gasteiger partial charge in [0.05, 0.1) is 12.2 Å². The molecule has 1 aliphatic rings. The molecule has 1 aliphatic heterocycles. The van der Waals surface area contributed by atoms with Crippen molar-refractivity contribution < 1.29 is 0 Å². The molecule has 0 spiro atoms. The van der Waals surface area contributed by atoms with Crippen LogP contribution in [0.15, 0.2) is 6.07 Å². The lowest BCUT2D eigenvalue weighted by Gasteiger charge is -2.17. The van der Waals surface area contributed by atoms with Crippen LogP contribution in [0.1, 0.15) is 36.4 Å². The molecule has 104 valence electrons. The Bertz CT molecular complexity index is 633. The first-order valence-electron chi connectivity index (χ1n) is 6.88. The highest BCUT2D eigenvalue weighted by Gasteiger charge is 2.17. The Balaban J connectivity index is 1.73. The molecule has 0 aromatic carbocycles. The van der Waals surface area contributed by atoms with Gasteiger partial charge in [0, 0.05) is 26.1 Å². The van der Waals surface area contributed by atoms with Gasteiger partial charge in [-0.05, 0) is 12.5 Å². The van der Waals surface area contributed by atoms with Crippen molar-refractivity contribution >= 4 is 0 Å². The molecule has 0 fully saturated rings. The lowest BCUT2D eigenvalue weighted by molar-refractivity contribution is 0.254. The first-order valence-corrected chi connectivity index (χ1v) is 6.88. The van der Waals surface area contributed by atoms with Crippen molar-refractivity contribution in [2.45, 2.75) is 39.4 Å². The van der Waals surface area contributed by atoms with E-state index < -0.39 is 0 Å². The van der Waals surface area contributed by atoms with E-state index in [-0.39, 0.29) is 0 Å². The third-order valence-electron chi connectivity index (χ3n) is 3.48. The van der Waals surface area contributed by atoms with Crippen LogP contribution in [0.25, 0.3) is 0 Å². The summed E-state index contributed by atoms with van der Waals surface area (Å²) in [6.07, 6.45) is 1.86. The van der Waals surface area contributed by atoms with Crippen LogP contribution in [0.2, 0.25) is 0 Å². The molecule has 0 radical (unpaired) electrons. The van der Waals surface area contributed by atoms with Crippen LogP contribution in [0.5, 0.6) is 0 Å². The molecule has 0 bridgehead atoms. The smallest absolute Gasteiger partial charge is 0.162 e. The number of aromatic nitrogens is 5. The zero-order valence-corrected chi connectivity index (χ0v) is 11.5. The number of hydrogen-bond acceptors (Lipinski definition) is 5. The summed E-state index contributed by atoms with van der Waals surface area (Å²) in [5, 5.41) is 20.4. The van der Waals surface area contributed by atoms with E-state index in [2.05, 4.69) is 31.2 Å². The second-order valence-electron chi connectivity index (χ2n) is 4.97. The molecule has 0 saturated heterocycles. The summed E-state index contributed by atoms with van der Waals surface area (Å²) in [6.45, 7) is 5.44. The van der Waals surface area contributed by atoms with Gasteiger partial charge in [0.15, 0.2) is 5.69 Å². The molecule has 0 amide bonds. The van der Waals surface area contributed by atoms with Crippen LogP contribution in [-0.4, -0.2) is 36.4 Å². The van der Waals surface area contributed by atoms with Gasteiger partial charge in [-0.2, -0.15) is 15.5 Å². The molecule has 2 aromatic rings. The number of aromatic amines is 1. The maximum atomic E-state index is 8.93. The van der Waals surface area contributed by atoms with Gasteiger partial charge >= 0.3 is 0 Å². The third kappa shape index (κ3) is 2.56. The van der Waals surface area contributed by atoms with Gasteiger partial charge in [-0.15, -0.1) is 0 Å². The van der Waals surface area contributed by atoms with Crippen molar-refractivity contribution in [3.05, 3.63) is 29.1 Å². The van der Waals surface area contributed by atoms with Gasteiger partial charge < -0.3 is 0 Å². The van der Waals surface area contributed by atoms with Crippen LogP contribution in [0.3, 0.4) is 0 Å². The van der Waals surface area contributed by atoms with Crippen LogP contribution >= 0.6 is 0 Å². The SMILES string of the molecule is CCc1n[nH]c(CN2CCCn3nc(C#N)cc3C2)n1. The maximum absolute atomic E-state index is 8.93. The average Bonchev–Trinajstić information content (AvgIpc) is 3.02. The quantitative estimate of drug-likeness (QED) is 0.894. The summed E-state index contributed by atoms with van der Waals surface area (Å²) in [4.78, 5) is 6.75. The number of nitriles is 1. The Hall–Kier alpha value is -2.20. The minimum absolute atomic E-state index is 0.495. The van der Waals surface area contributed by atoms with Crippen molar-refractivity contribution in [2.24, 2.45) is 0 Å². The van der Waals surface area contributed by atoms with Gasteiger partial charge in [-0.25, -0.2) is 4.98 Å². The van der Waals surface area contributed by atoms with Crippen molar-refractivity contribution in [1.29, 1.82) is 5.26 Å². The fourth-order valence-electron chi connectivity index (χ4n) is 2.49. The molecule has 2 aromatic heterocycles. The third-order valence-corrected chi connectivity index (χ3v) is 3.48. The van der Waals surface area contributed by atoms with E-state index >= 15 is 0 Å². The highest BCUT2D eigenvalue weighted by molar-refractivity contribution is 5.22. The average molecular weight is 271 g/mol. The first-order chi connectivity index (χ1) is 9.78. The van der Waals surface area contributed by atoms with Crippen molar-refractivity contribution in [3.63, 3.8) is 0 Å². The summed E-state index contributed by atoms with van der Waals surface area (Å²) >= 11 is 0. The monoisotopic (exact) mass is 271 g/mol. The molecule has 3 rings (SSSR count). The van der Waals surface area contributed by atoms with Crippen molar-refractivity contribution in [2.75, 3.05) is 6.54 Å². The molecule has 0 aliphatic carbocycles. The van der Waals surface area contributed by atoms with Crippen LogP contribution in [0.4, 0.5) is 0 Å². The Morgan fingerprint density at radius 3 is 3.10 bits per heavy atom. The summed E-state index contributed by atoms with van der Waals surface area (Å²) in [7, 11) is 0. The number of aryl methyl sites for hydroxylation is 2. The number of H-pyrrole nitrogens is 1. The summed E-state index contributed by atoms with van der Waals surface area (Å²) in [6, 6.07) is 3.97. The number of nitrogens with one attached hydrogen (secondary N) is 1. The van der Waals surface area contributed by atoms with Crippen LogP contribution in [-0.2, 0) is 26.1 Å². The Kier molecular flexibility index (Phi) is 3.48. The normalized spacial score (nSPS) is 15.6. The highest BCUT2D eigenvalue weighted by atomic mass is 15.3. The van der Waals surface area contributed by atoms with Crippen molar-refractivity contribution in [1.82, 2.24) is 29.9 Å². The van der Waals surface area contributed by atoms with E-state index in [1.54, 1.807) is 0 Å². The molecule has 7 heteroatoms. The van der Waals surface area contributed by atoms with Gasteiger partial charge in [0.2, 0.25) is 0 Å². The number of nitrogens with zero attached hydrogens (tertiary/aromatic N) is 6. The molecule has 20 heavy (non-hydrogen) atoms. The minimum atomic E-state index is 0.495. The van der Waals surface area contributed by atoms with E-state index in [1.807, 2.05) is 17.7 Å². The standard InChI is InChI=1S/C13H17N7/c1-2-12-15-13(17-16-12)9-19-4-3-5-20-11(8-19)6-10(7-14)18-20/h6H,2-5,8-9H2,1H3,(H,15,16,17). The molecule has 0 saturated carbocycles. The molecule has 3 heterocycles. The van der Waals surface area contributed by atoms with E-state index in [0.29, 0.717) is 5.69 Å². The van der Waals surface area contributed by atoms with E-state index in [9.17, 15) is 0 Å². The molecular formula is C13H17N7. The molecule has 0 atom stereocenters. The predicted molar refractivity (Wildman–Crippen MR) is 71.4 cm³/mol. The van der Waals surface area contributed by atoms with Crippen LogP contribution in [0, 0.1) is 11.3 Å². The zero-order valence-electron chi connectivity index (χ0n) is 11.5. The summed E-state index contributed by atoms with van der Waals surface area (Å²) < 4.78 is 1.94. The topological polar surface area (TPSA) is 86.4 Å². The largest absolute Gasteiger partial charge is 0.290 e. The second kappa shape index (κ2) is 5.43. The predicted octanol–water partition coefficient (Wildman–Crippen LogP) is 0.841. The Morgan fingerprint density at radius 1 is 1.45 bits per heavy atom. The molecule has 7 nitrogen and oxygen atoms in total. The maximum Gasteiger partial charge on any atom is 0.162 e. The van der Waals surface area contributed by atoms with Gasteiger partial charge in [0.1, 0.15) is 17.7 Å². The number of fused-ring (bicyclic) bond motifs is 1. The second-order valence-corrected chi connectivity index (χ2v) is 4.97. The molecule has 0 unspecified atom stereocenters. The number of hydrogen-bond donors (Lipinski definition) is 1. The highest BCUT2D eigenvalue weighted by Crippen LogP contribution is 2.15. The summed E-state index contributed by atoms with van der Waals surface area (Å²) in [5.41, 5.74) is 1.59.